The molecule has 1 aliphatic heterocycles. The zero-order chi connectivity index (χ0) is 16.2. The summed E-state index contributed by atoms with van der Waals surface area (Å²) in [6.07, 6.45) is 3.37. The lowest BCUT2D eigenvalue weighted by Gasteiger charge is -2.33. The van der Waals surface area contributed by atoms with E-state index in [-0.39, 0.29) is 0 Å². The van der Waals surface area contributed by atoms with E-state index in [0.29, 0.717) is 17.5 Å². The Kier molecular flexibility index (Phi) is 5.30. The van der Waals surface area contributed by atoms with Gasteiger partial charge in [0.15, 0.2) is 0 Å². The summed E-state index contributed by atoms with van der Waals surface area (Å²) in [5, 5.41) is 19.4. The van der Waals surface area contributed by atoms with E-state index in [1.165, 1.54) is 0 Å². The van der Waals surface area contributed by atoms with E-state index in [1.54, 1.807) is 0 Å². The minimum Gasteiger partial charge on any atom is -0.387 e. The average Bonchev–Trinajstić information content (AvgIpc) is 3.04. The number of aliphatic hydroxyl groups is 1. The molecule has 3 rings (SSSR count). The van der Waals surface area contributed by atoms with Crippen molar-refractivity contribution in [3.05, 3.63) is 47.0 Å². The fourth-order valence-corrected chi connectivity index (χ4v) is 3.55. The van der Waals surface area contributed by atoms with Crippen LogP contribution in [0.3, 0.4) is 0 Å². The molecular formula is C17H23ClN4O. The number of piperidine rings is 1. The molecule has 0 bridgehead atoms. The van der Waals surface area contributed by atoms with Crippen LogP contribution in [0.25, 0.3) is 0 Å². The zero-order valence-electron chi connectivity index (χ0n) is 13.4. The molecule has 1 unspecified atom stereocenters. The third-order valence-electron chi connectivity index (χ3n) is 4.63. The first-order chi connectivity index (χ1) is 11.2. The largest absolute Gasteiger partial charge is 0.387 e. The molecule has 6 heteroatoms. The van der Waals surface area contributed by atoms with E-state index in [4.69, 9.17) is 11.6 Å². The minimum absolute atomic E-state index is 0.464. The molecular weight excluding hydrogens is 312 g/mol. The third kappa shape index (κ3) is 3.74. The Bertz CT molecular complexity index is 637. The second-order valence-electron chi connectivity index (χ2n) is 6.09. The molecule has 0 saturated carbocycles. The van der Waals surface area contributed by atoms with E-state index in [2.05, 4.69) is 26.6 Å². The van der Waals surface area contributed by atoms with Gasteiger partial charge in [-0.2, -0.15) is 0 Å². The van der Waals surface area contributed by atoms with Crippen LogP contribution in [0.5, 0.6) is 0 Å². The van der Waals surface area contributed by atoms with Crippen molar-refractivity contribution in [3.8, 4) is 0 Å². The molecule has 2 heterocycles. The minimum atomic E-state index is -0.542. The normalized spacial score (nSPS) is 18.2. The van der Waals surface area contributed by atoms with Gasteiger partial charge in [-0.3, -0.25) is 0 Å². The Hall–Kier alpha value is -1.43. The van der Waals surface area contributed by atoms with Gasteiger partial charge < -0.3 is 14.6 Å². The number of halogens is 1. The molecule has 23 heavy (non-hydrogen) atoms. The summed E-state index contributed by atoms with van der Waals surface area (Å²) < 4.78 is 2.12. The summed E-state index contributed by atoms with van der Waals surface area (Å²) in [5.41, 5.74) is 0.807. The molecule has 1 aliphatic rings. The van der Waals surface area contributed by atoms with Crippen molar-refractivity contribution in [2.24, 2.45) is 0 Å². The van der Waals surface area contributed by atoms with Gasteiger partial charge in [0.05, 0.1) is 6.10 Å². The topological polar surface area (TPSA) is 54.2 Å². The van der Waals surface area contributed by atoms with Crippen LogP contribution in [-0.2, 0) is 6.54 Å². The molecule has 1 aromatic heterocycles. The van der Waals surface area contributed by atoms with Crippen molar-refractivity contribution in [2.45, 2.75) is 38.3 Å². The van der Waals surface area contributed by atoms with Gasteiger partial charge in [0.25, 0.3) is 0 Å². The summed E-state index contributed by atoms with van der Waals surface area (Å²) in [6.45, 7) is 5.57. The smallest absolute Gasteiger partial charge is 0.135 e. The highest BCUT2D eigenvalue weighted by Crippen LogP contribution is 2.29. The van der Waals surface area contributed by atoms with Gasteiger partial charge in [0.1, 0.15) is 12.2 Å². The molecule has 1 N–H and O–H groups in total. The molecule has 5 nitrogen and oxygen atoms in total. The standard InChI is InChI=1S/C17H23ClN4O/c1-2-22-12-19-20-17(22)13-7-9-21(10-8-13)11-16(23)14-5-3-4-6-15(14)18/h3-6,12-13,16,23H,2,7-11H2,1H3. The molecule has 0 aliphatic carbocycles. The predicted octanol–water partition coefficient (Wildman–Crippen LogP) is 2.86. The van der Waals surface area contributed by atoms with Gasteiger partial charge in [0.2, 0.25) is 0 Å². The summed E-state index contributed by atoms with van der Waals surface area (Å²) in [6, 6.07) is 7.51. The maximum absolute atomic E-state index is 10.4. The molecule has 2 aromatic rings. The van der Waals surface area contributed by atoms with Gasteiger partial charge in [-0.1, -0.05) is 29.8 Å². The molecule has 0 amide bonds. The number of hydrogen-bond acceptors (Lipinski definition) is 4. The average molecular weight is 335 g/mol. The first-order valence-electron chi connectivity index (χ1n) is 8.21. The molecule has 1 saturated heterocycles. The SMILES string of the molecule is CCn1cnnc1C1CCN(CC(O)c2ccccc2Cl)CC1. The summed E-state index contributed by atoms with van der Waals surface area (Å²) >= 11 is 6.16. The van der Waals surface area contributed by atoms with Crippen LogP contribution in [-0.4, -0.2) is 44.4 Å². The predicted molar refractivity (Wildman–Crippen MR) is 90.5 cm³/mol. The van der Waals surface area contributed by atoms with Crippen LogP contribution in [0.1, 0.15) is 43.2 Å². The molecule has 1 aromatic carbocycles. The summed E-state index contributed by atoms with van der Waals surface area (Å²) in [4.78, 5) is 2.30. The number of benzene rings is 1. The van der Waals surface area contributed by atoms with Crippen molar-refractivity contribution in [1.82, 2.24) is 19.7 Å². The number of likely N-dealkylation sites (tertiary alicyclic amines) is 1. The monoisotopic (exact) mass is 334 g/mol. The number of β-amino-alcohol motifs (C(OH)–C–C–N with tert-alkyl or cyclic N) is 1. The fraction of sp³-hybridized carbons (Fsp3) is 0.529. The van der Waals surface area contributed by atoms with E-state index < -0.39 is 6.10 Å². The van der Waals surface area contributed by atoms with Gasteiger partial charge in [-0.15, -0.1) is 10.2 Å². The van der Waals surface area contributed by atoms with Crippen molar-refractivity contribution < 1.29 is 5.11 Å². The summed E-state index contributed by atoms with van der Waals surface area (Å²) in [5.74, 6) is 1.56. The highest BCUT2D eigenvalue weighted by molar-refractivity contribution is 6.31. The Morgan fingerprint density at radius 1 is 1.30 bits per heavy atom. The van der Waals surface area contributed by atoms with Crippen LogP contribution in [0.2, 0.25) is 5.02 Å². The van der Waals surface area contributed by atoms with Crippen LogP contribution in [0.15, 0.2) is 30.6 Å². The molecule has 1 atom stereocenters. The Balaban J connectivity index is 1.56. The molecule has 1 fully saturated rings. The van der Waals surface area contributed by atoms with Crippen LogP contribution >= 0.6 is 11.6 Å². The second kappa shape index (κ2) is 7.43. The van der Waals surface area contributed by atoms with Gasteiger partial charge in [-0.25, -0.2) is 0 Å². The van der Waals surface area contributed by atoms with Crippen molar-refractivity contribution in [2.75, 3.05) is 19.6 Å². The van der Waals surface area contributed by atoms with Crippen LogP contribution < -0.4 is 0 Å². The number of nitrogens with zero attached hydrogens (tertiary/aromatic N) is 4. The van der Waals surface area contributed by atoms with Crippen LogP contribution in [0, 0.1) is 0 Å². The summed E-state index contributed by atoms with van der Waals surface area (Å²) in [7, 11) is 0. The second-order valence-corrected chi connectivity index (χ2v) is 6.49. The number of hydrogen-bond donors (Lipinski definition) is 1. The molecule has 124 valence electrons. The lowest BCUT2D eigenvalue weighted by Crippen LogP contribution is -2.36. The van der Waals surface area contributed by atoms with E-state index in [9.17, 15) is 5.11 Å². The van der Waals surface area contributed by atoms with Crippen molar-refractivity contribution in [3.63, 3.8) is 0 Å². The van der Waals surface area contributed by atoms with E-state index >= 15 is 0 Å². The maximum atomic E-state index is 10.4. The third-order valence-corrected chi connectivity index (χ3v) is 4.98. The van der Waals surface area contributed by atoms with E-state index in [1.807, 2.05) is 30.6 Å². The van der Waals surface area contributed by atoms with Crippen LogP contribution in [0.4, 0.5) is 0 Å². The van der Waals surface area contributed by atoms with Gasteiger partial charge in [0, 0.05) is 29.6 Å². The first-order valence-corrected chi connectivity index (χ1v) is 8.59. The number of aliphatic hydroxyl groups excluding tert-OH is 1. The number of aromatic nitrogens is 3. The Labute approximate surface area is 141 Å². The Morgan fingerprint density at radius 2 is 2.04 bits per heavy atom. The van der Waals surface area contributed by atoms with Gasteiger partial charge >= 0.3 is 0 Å². The molecule has 0 spiro atoms. The Morgan fingerprint density at radius 3 is 2.74 bits per heavy atom. The zero-order valence-corrected chi connectivity index (χ0v) is 14.2. The molecule has 0 radical (unpaired) electrons. The number of aryl methyl sites for hydroxylation is 1. The lowest BCUT2D eigenvalue weighted by molar-refractivity contribution is 0.0963. The number of rotatable bonds is 5. The van der Waals surface area contributed by atoms with Crippen molar-refractivity contribution >= 4 is 11.6 Å². The highest BCUT2D eigenvalue weighted by Gasteiger charge is 2.25. The van der Waals surface area contributed by atoms with Crippen molar-refractivity contribution in [1.29, 1.82) is 0 Å². The first kappa shape index (κ1) is 16.4. The lowest BCUT2D eigenvalue weighted by atomic mass is 9.95. The quantitative estimate of drug-likeness (QED) is 0.913. The van der Waals surface area contributed by atoms with Gasteiger partial charge in [-0.05, 0) is 38.9 Å². The van der Waals surface area contributed by atoms with E-state index in [0.717, 1.165) is 43.9 Å². The maximum Gasteiger partial charge on any atom is 0.135 e. The fourth-order valence-electron chi connectivity index (χ4n) is 3.29. The highest BCUT2D eigenvalue weighted by atomic mass is 35.5.